The van der Waals surface area contributed by atoms with Crippen LogP contribution in [0.2, 0.25) is 0 Å². The lowest BCUT2D eigenvalue weighted by molar-refractivity contribution is -0.385. The molecule has 1 aromatic carbocycles. The number of aromatic nitrogens is 3. The van der Waals surface area contributed by atoms with E-state index in [0.29, 0.717) is 28.9 Å². The molecule has 1 aliphatic rings. The van der Waals surface area contributed by atoms with E-state index in [2.05, 4.69) is 15.5 Å². The number of nitrogens with one attached hydrogen (secondary N) is 1. The zero-order valence-electron chi connectivity index (χ0n) is 17.0. The van der Waals surface area contributed by atoms with Crippen LogP contribution >= 0.6 is 11.8 Å². The summed E-state index contributed by atoms with van der Waals surface area (Å²) in [4.78, 5) is 23.2. The minimum atomic E-state index is -0.517. The molecule has 2 heterocycles. The second-order valence-corrected chi connectivity index (χ2v) is 8.16. The number of hydrogen-bond donors (Lipinski definition) is 1. The maximum absolute atomic E-state index is 12.6. The summed E-state index contributed by atoms with van der Waals surface area (Å²) in [6.45, 7) is 2.20. The summed E-state index contributed by atoms with van der Waals surface area (Å²) in [5, 5.41) is 23.2. The van der Waals surface area contributed by atoms with Crippen molar-refractivity contribution in [2.45, 2.75) is 37.4 Å². The lowest BCUT2D eigenvalue weighted by atomic mass is 10.1. The molecule has 162 valence electrons. The summed E-state index contributed by atoms with van der Waals surface area (Å²) >= 11 is 1.28. The van der Waals surface area contributed by atoms with E-state index >= 15 is 0 Å². The van der Waals surface area contributed by atoms with Gasteiger partial charge in [0.25, 0.3) is 0 Å². The SMILES string of the molecule is COc1cc(NC(=O)CSc2nnc(C3CC3)n2Cc2ccco2)c(C)cc1[N+](=O)[O-]. The van der Waals surface area contributed by atoms with Gasteiger partial charge in [0.05, 0.1) is 30.6 Å². The average molecular weight is 443 g/mol. The van der Waals surface area contributed by atoms with Crippen molar-refractivity contribution in [2.24, 2.45) is 0 Å². The summed E-state index contributed by atoms with van der Waals surface area (Å²) in [5.41, 5.74) is 0.887. The van der Waals surface area contributed by atoms with Gasteiger partial charge in [-0.05, 0) is 37.5 Å². The van der Waals surface area contributed by atoms with E-state index in [1.807, 2.05) is 16.7 Å². The van der Waals surface area contributed by atoms with Crippen molar-refractivity contribution in [3.8, 4) is 5.75 Å². The Bertz CT molecular complexity index is 1110. The molecule has 3 aromatic rings. The Morgan fingerprint density at radius 1 is 1.42 bits per heavy atom. The van der Waals surface area contributed by atoms with Crippen LogP contribution in [0.25, 0.3) is 0 Å². The molecule has 4 rings (SSSR count). The first-order chi connectivity index (χ1) is 15.0. The zero-order valence-corrected chi connectivity index (χ0v) is 17.8. The number of thioether (sulfide) groups is 1. The number of furan rings is 1. The van der Waals surface area contributed by atoms with Crippen LogP contribution in [0.3, 0.4) is 0 Å². The second kappa shape index (κ2) is 8.80. The van der Waals surface area contributed by atoms with E-state index in [9.17, 15) is 14.9 Å². The molecule has 1 aliphatic carbocycles. The Morgan fingerprint density at radius 3 is 2.87 bits per heavy atom. The molecule has 10 nitrogen and oxygen atoms in total. The molecule has 31 heavy (non-hydrogen) atoms. The number of nitrogens with zero attached hydrogens (tertiary/aromatic N) is 4. The molecule has 0 spiro atoms. The van der Waals surface area contributed by atoms with Gasteiger partial charge in [0.2, 0.25) is 5.91 Å². The van der Waals surface area contributed by atoms with Gasteiger partial charge in [-0.25, -0.2) is 0 Å². The standard InChI is InChI=1S/C20H21N5O5S/c1-12-8-16(25(27)28)17(29-2)9-15(12)21-18(26)11-31-20-23-22-19(13-5-6-13)24(20)10-14-4-3-7-30-14/h3-4,7-9,13H,5-6,10-11H2,1-2H3,(H,21,26). The summed E-state index contributed by atoms with van der Waals surface area (Å²) in [7, 11) is 1.35. The average Bonchev–Trinajstić information content (AvgIpc) is 3.31. The third-order valence-corrected chi connectivity index (χ3v) is 5.88. The number of amides is 1. The van der Waals surface area contributed by atoms with E-state index < -0.39 is 4.92 Å². The third-order valence-electron chi connectivity index (χ3n) is 4.91. The number of carbonyl (C=O) groups is 1. The minimum Gasteiger partial charge on any atom is -0.490 e. The second-order valence-electron chi connectivity index (χ2n) is 7.21. The highest BCUT2D eigenvalue weighted by Crippen LogP contribution is 2.40. The number of nitro groups is 1. The van der Waals surface area contributed by atoms with E-state index in [0.717, 1.165) is 24.4 Å². The van der Waals surface area contributed by atoms with E-state index in [1.54, 1.807) is 13.2 Å². The van der Waals surface area contributed by atoms with Gasteiger partial charge in [-0.2, -0.15) is 0 Å². The molecule has 1 fully saturated rings. The maximum atomic E-state index is 12.6. The number of rotatable bonds is 9. The fourth-order valence-corrected chi connectivity index (χ4v) is 3.93. The van der Waals surface area contributed by atoms with Gasteiger partial charge in [0.15, 0.2) is 10.9 Å². The van der Waals surface area contributed by atoms with Crippen molar-refractivity contribution in [3.05, 3.63) is 57.8 Å². The van der Waals surface area contributed by atoms with E-state index in [1.165, 1.54) is 31.0 Å². The molecule has 1 amide bonds. The molecule has 11 heteroatoms. The third kappa shape index (κ3) is 4.71. The first-order valence-electron chi connectivity index (χ1n) is 9.67. The Hall–Kier alpha value is -3.34. The number of benzene rings is 1. The van der Waals surface area contributed by atoms with E-state index in [4.69, 9.17) is 9.15 Å². The van der Waals surface area contributed by atoms with Gasteiger partial charge in [-0.3, -0.25) is 19.5 Å². The fourth-order valence-electron chi connectivity index (χ4n) is 3.19. The first-order valence-corrected chi connectivity index (χ1v) is 10.7. The van der Waals surface area contributed by atoms with Gasteiger partial charge in [0.1, 0.15) is 11.6 Å². The maximum Gasteiger partial charge on any atom is 0.311 e. The topological polar surface area (TPSA) is 125 Å². The summed E-state index contributed by atoms with van der Waals surface area (Å²) in [5.74, 6) is 2.05. The Labute approximate surface area is 182 Å². The fraction of sp³-hybridized carbons (Fsp3) is 0.350. The minimum absolute atomic E-state index is 0.0887. The summed E-state index contributed by atoms with van der Waals surface area (Å²) in [6, 6.07) is 6.56. The molecule has 0 radical (unpaired) electrons. The number of nitro benzene ring substituents is 1. The summed E-state index contributed by atoms with van der Waals surface area (Å²) < 4.78 is 12.5. The van der Waals surface area contributed by atoms with Crippen LogP contribution in [0.4, 0.5) is 11.4 Å². The summed E-state index contributed by atoms with van der Waals surface area (Å²) in [6.07, 6.45) is 3.79. The van der Waals surface area contributed by atoms with Gasteiger partial charge in [0, 0.05) is 23.7 Å². The molecule has 0 saturated heterocycles. The van der Waals surface area contributed by atoms with Crippen LogP contribution in [0.15, 0.2) is 40.1 Å². The van der Waals surface area contributed by atoms with Crippen molar-refractivity contribution >= 4 is 29.0 Å². The molecule has 2 aromatic heterocycles. The Kier molecular flexibility index (Phi) is 5.94. The number of ether oxygens (including phenoxy) is 1. The quantitative estimate of drug-likeness (QED) is 0.301. The van der Waals surface area contributed by atoms with Crippen molar-refractivity contribution in [3.63, 3.8) is 0 Å². The normalized spacial score (nSPS) is 13.2. The van der Waals surface area contributed by atoms with Gasteiger partial charge >= 0.3 is 5.69 Å². The molecular formula is C20H21N5O5S. The Morgan fingerprint density at radius 2 is 2.23 bits per heavy atom. The highest BCUT2D eigenvalue weighted by atomic mass is 32.2. The van der Waals surface area contributed by atoms with Gasteiger partial charge in [-0.1, -0.05) is 11.8 Å². The molecule has 0 aliphatic heterocycles. The van der Waals surface area contributed by atoms with Crippen LogP contribution in [0.5, 0.6) is 5.75 Å². The van der Waals surface area contributed by atoms with Crippen LogP contribution in [-0.4, -0.2) is 38.5 Å². The smallest absolute Gasteiger partial charge is 0.311 e. The molecule has 1 N–H and O–H groups in total. The largest absolute Gasteiger partial charge is 0.490 e. The van der Waals surface area contributed by atoms with Crippen molar-refractivity contribution in [1.82, 2.24) is 14.8 Å². The van der Waals surface area contributed by atoms with Crippen molar-refractivity contribution in [1.29, 1.82) is 0 Å². The van der Waals surface area contributed by atoms with Crippen molar-refractivity contribution < 1.29 is 18.9 Å². The predicted octanol–water partition coefficient (Wildman–Crippen LogP) is 3.75. The number of anilines is 1. The van der Waals surface area contributed by atoms with Crippen LogP contribution < -0.4 is 10.1 Å². The predicted molar refractivity (Wildman–Crippen MR) is 114 cm³/mol. The highest BCUT2D eigenvalue weighted by Gasteiger charge is 2.31. The number of aryl methyl sites for hydroxylation is 1. The lowest BCUT2D eigenvalue weighted by Gasteiger charge is -2.11. The lowest BCUT2D eigenvalue weighted by Crippen LogP contribution is -2.16. The van der Waals surface area contributed by atoms with Gasteiger partial charge < -0.3 is 14.5 Å². The van der Waals surface area contributed by atoms with E-state index in [-0.39, 0.29) is 23.1 Å². The highest BCUT2D eigenvalue weighted by molar-refractivity contribution is 7.99. The van der Waals surface area contributed by atoms with Gasteiger partial charge in [-0.15, -0.1) is 10.2 Å². The first kappa shape index (κ1) is 20.9. The number of carbonyl (C=O) groups excluding carboxylic acids is 1. The monoisotopic (exact) mass is 443 g/mol. The van der Waals surface area contributed by atoms with Crippen molar-refractivity contribution in [2.75, 3.05) is 18.2 Å². The van der Waals surface area contributed by atoms with Crippen LogP contribution in [0, 0.1) is 17.0 Å². The molecular weight excluding hydrogens is 422 g/mol. The molecule has 0 unspecified atom stereocenters. The Balaban J connectivity index is 1.45. The molecule has 1 saturated carbocycles. The molecule has 0 bridgehead atoms. The number of methoxy groups -OCH3 is 1. The zero-order chi connectivity index (χ0) is 22.0. The number of hydrogen-bond acceptors (Lipinski definition) is 8. The molecule has 0 atom stereocenters. The van der Waals surface area contributed by atoms with Crippen LogP contribution in [-0.2, 0) is 11.3 Å². The van der Waals surface area contributed by atoms with Crippen LogP contribution in [0.1, 0.15) is 35.9 Å².